The molecule has 0 atom stereocenters. The molecular formula is C17H27N3. The van der Waals surface area contributed by atoms with Crippen molar-refractivity contribution in [3.8, 4) is 0 Å². The van der Waals surface area contributed by atoms with Crippen molar-refractivity contribution in [3.63, 3.8) is 0 Å². The van der Waals surface area contributed by atoms with Crippen LogP contribution in [0.15, 0.2) is 28.2 Å². The molecule has 0 aliphatic rings. The van der Waals surface area contributed by atoms with Gasteiger partial charge in [0.1, 0.15) is 0 Å². The van der Waals surface area contributed by atoms with Crippen molar-refractivity contribution in [3.05, 3.63) is 29.6 Å². The molecule has 0 radical (unpaired) electrons. The first-order valence-electron chi connectivity index (χ1n) is 7.09. The van der Waals surface area contributed by atoms with Gasteiger partial charge in [-0.25, -0.2) is 4.98 Å². The van der Waals surface area contributed by atoms with Gasteiger partial charge in [0.25, 0.3) is 0 Å². The average molecular weight is 273 g/mol. The summed E-state index contributed by atoms with van der Waals surface area (Å²) in [7, 11) is 0. The second-order valence-corrected chi connectivity index (χ2v) is 7.14. The first kappa shape index (κ1) is 16.5. The van der Waals surface area contributed by atoms with Gasteiger partial charge in [0.15, 0.2) is 0 Å². The molecule has 0 saturated carbocycles. The topological polar surface area (TPSA) is 37.6 Å². The Morgan fingerprint density at radius 1 is 0.800 bits per heavy atom. The number of pyridine rings is 1. The van der Waals surface area contributed by atoms with Gasteiger partial charge in [0.05, 0.1) is 33.9 Å². The molecule has 0 fully saturated rings. The number of rotatable bonds is 2. The summed E-state index contributed by atoms with van der Waals surface area (Å²) in [5.74, 6) is 0. The number of aromatic nitrogens is 1. The Morgan fingerprint density at radius 3 is 1.45 bits per heavy atom. The zero-order valence-electron chi connectivity index (χ0n) is 14.1. The van der Waals surface area contributed by atoms with E-state index in [1.54, 1.807) is 0 Å². The summed E-state index contributed by atoms with van der Waals surface area (Å²) in [6.07, 6.45) is 0. The van der Waals surface area contributed by atoms with Gasteiger partial charge in [-0.15, -0.1) is 0 Å². The number of hydrogen-bond donors (Lipinski definition) is 0. The van der Waals surface area contributed by atoms with Crippen LogP contribution >= 0.6 is 0 Å². The van der Waals surface area contributed by atoms with E-state index in [1.165, 1.54) is 0 Å². The largest absolute Gasteiger partial charge is 0.282 e. The van der Waals surface area contributed by atoms with Crippen LogP contribution in [0.2, 0.25) is 0 Å². The second-order valence-electron chi connectivity index (χ2n) is 7.14. The molecule has 20 heavy (non-hydrogen) atoms. The van der Waals surface area contributed by atoms with E-state index in [0.717, 1.165) is 22.8 Å². The normalized spacial score (nSPS) is 14.6. The Bertz CT molecular complexity index is 481. The Kier molecular flexibility index (Phi) is 4.85. The second kappa shape index (κ2) is 5.86. The van der Waals surface area contributed by atoms with E-state index < -0.39 is 0 Å². The van der Waals surface area contributed by atoms with Crippen molar-refractivity contribution in [2.24, 2.45) is 9.98 Å². The highest BCUT2D eigenvalue weighted by molar-refractivity contribution is 6.00. The molecule has 0 amide bonds. The number of nitrogens with zero attached hydrogens (tertiary/aromatic N) is 3. The standard InChI is InChI=1S/C17H27N3/c1-12(19-16(3,4)5)14-10-9-11-15(18-14)13(2)20-17(6,7)8/h9-11H,1-8H3. The molecule has 3 nitrogen and oxygen atoms in total. The van der Waals surface area contributed by atoms with Crippen LogP contribution in [0, 0.1) is 0 Å². The van der Waals surface area contributed by atoms with Crippen LogP contribution < -0.4 is 0 Å². The number of aliphatic imine (C=N–C) groups is 2. The lowest BCUT2D eigenvalue weighted by Crippen LogP contribution is -2.16. The molecule has 1 rings (SSSR count). The third-order valence-electron chi connectivity index (χ3n) is 2.50. The van der Waals surface area contributed by atoms with Gasteiger partial charge in [-0.05, 0) is 67.5 Å². The Morgan fingerprint density at radius 2 is 1.15 bits per heavy atom. The summed E-state index contributed by atoms with van der Waals surface area (Å²) in [5, 5.41) is 0. The van der Waals surface area contributed by atoms with Gasteiger partial charge in [-0.1, -0.05) is 6.07 Å². The zero-order chi connectivity index (χ0) is 15.6. The van der Waals surface area contributed by atoms with E-state index in [2.05, 4.69) is 56.5 Å². The molecule has 0 aliphatic carbocycles. The highest BCUT2D eigenvalue weighted by Crippen LogP contribution is 2.12. The Labute approximate surface area is 123 Å². The van der Waals surface area contributed by atoms with E-state index in [1.807, 2.05) is 32.0 Å². The first-order chi connectivity index (χ1) is 8.98. The number of hydrogen-bond acceptors (Lipinski definition) is 3. The minimum atomic E-state index is -0.0870. The molecular weight excluding hydrogens is 246 g/mol. The predicted molar refractivity (Wildman–Crippen MR) is 88.2 cm³/mol. The summed E-state index contributed by atoms with van der Waals surface area (Å²) in [4.78, 5) is 14.0. The summed E-state index contributed by atoms with van der Waals surface area (Å²) < 4.78 is 0. The SMILES string of the molecule is CC(=NC(C)(C)C)c1cccc(C(C)=NC(C)(C)C)n1. The fourth-order valence-electron chi connectivity index (χ4n) is 1.96. The van der Waals surface area contributed by atoms with Crippen molar-refractivity contribution < 1.29 is 0 Å². The van der Waals surface area contributed by atoms with Crippen LogP contribution in [0.4, 0.5) is 0 Å². The molecule has 0 aromatic carbocycles. The molecule has 1 aromatic heterocycles. The predicted octanol–water partition coefficient (Wildman–Crippen LogP) is 4.30. The van der Waals surface area contributed by atoms with Crippen LogP contribution in [0.5, 0.6) is 0 Å². The third kappa shape index (κ3) is 5.64. The smallest absolute Gasteiger partial charge is 0.0845 e. The van der Waals surface area contributed by atoms with Crippen LogP contribution in [-0.2, 0) is 0 Å². The zero-order valence-corrected chi connectivity index (χ0v) is 14.1. The van der Waals surface area contributed by atoms with Gasteiger partial charge in [0, 0.05) is 0 Å². The molecule has 0 bridgehead atoms. The van der Waals surface area contributed by atoms with E-state index >= 15 is 0 Å². The molecule has 0 aliphatic heterocycles. The highest BCUT2D eigenvalue weighted by Gasteiger charge is 2.12. The van der Waals surface area contributed by atoms with Gasteiger partial charge in [-0.2, -0.15) is 0 Å². The molecule has 0 saturated heterocycles. The Balaban J connectivity index is 3.15. The molecule has 3 heteroatoms. The maximum atomic E-state index is 4.68. The van der Waals surface area contributed by atoms with E-state index in [9.17, 15) is 0 Å². The summed E-state index contributed by atoms with van der Waals surface area (Å²) in [6, 6.07) is 6.01. The monoisotopic (exact) mass is 273 g/mol. The van der Waals surface area contributed by atoms with Crippen molar-refractivity contribution in [1.29, 1.82) is 0 Å². The summed E-state index contributed by atoms with van der Waals surface area (Å²) in [5.41, 5.74) is 3.58. The first-order valence-corrected chi connectivity index (χ1v) is 7.09. The molecule has 110 valence electrons. The van der Waals surface area contributed by atoms with E-state index in [4.69, 9.17) is 0 Å². The molecule has 1 aromatic rings. The third-order valence-corrected chi connectivity index (χ3v) is 2.50. The van der Waals surface area contributed by atoms with Crippen molar-refractivity contribution in [1.82, 2.24) is 4.98 Å². The fraction of sp³-hybridized carbons (Fsp3) is 0.588. The minimum Gasteiger partial charge on any atom is -0.282 e. The van der Waals surface area contributed by atoms with Crippen LogP contribution in [0.1, 0.15) is 66.8 Å². The maximum Gasteiger partial charge on any atom is 0.0845 e. The van der Waals surface area contributed by atoms with Crippen molar-refractivity contribution >= 4 is 11.4 Å². The lowest BCUT2D eigenvalue weighted by molar-refractivity contribution is 0.583. The summed E-state index contributed by atoms with van der Waals surface area (Å²) >= 11 is 0. The van der Waals surface area contributed by atoms with Crippen LogP contribution in [-0.4, -0.2) is 27.5 Å². The van der Waals surface area contributed by atoms with Crippen LogP contribution in [0.3, 0.4) is 0 Å². The Hall–Kier alpha value is -1.51. The van der Waals surface area contributed by atoms with Crippen LogP contribution in [0.25, 0.3) is 0 Å². The lowest BCUT2D eigenvalue weighted by atomic mass is 10.1. The van der Waals surface area contributed by atoms with Gasteiger partial charge in [-0.3, -0.25) is 9.98 Å². The highest BCUT2D eigenvalue weighted by atomic mass is 14.9. The van der Waals surface area contributed by atoms with E-state index in [0.29, 0.717) is 0 Å². The molecule has 0 unspecified atom stereocenters. The van der Waals surface area contributed by atoms with Gasteiger partial charge >= 0.3 is 0 Å². The molecule has 1 heterocycles. The van der Waals surface area contributed by atoms with Crippen molar-refractivity contribution in [2.75, 3.05) is 0 Å². The molecule has 0 N–H and O–H groups in total. The maximum absolute atomic E-state index is 4.68. The van der Waals surface area contributed by atoms with Gasteiger partial charge < -0.3 is 0 Å². The fourth-order valence-corrected chi connectivity index (χ4v) is 1.96. The van der Waals surface area contributed by atoms with Gasteiger partial charge in [0.2, 0.25) is 0 Å². The quantitative estimate of drug-likeness (QED) is 0.740. The van der Waals surface area contributed by atoms with Crippen molar-refractivity contribution in [2.45, 2.75) is 66.5 Å². The lowest BCUT2D eigenvalue weighted by Gasteiger charge is -2.15. The minimum absolute atomic E-state index is 0.0870. The summed E-state index contributed by atoms with van der Waals surface area (Å²) in [6.45, 7) is 16.6. The molecule has 0 spiro atoms. The van der Waals surface area contributed by atoms with E-state index in [-0.39, 0.29) is 11.1 Å². The average Bonchev–Trinajstić information content (AvgIpc) is 2.24.